The first kappa shape index (κ1) is 10.2. The van der Waals surface area contributed by atoms with E-state index in [9.17, 15) is 0 Å². The Morgan fingerprint density at radius 1 is 1.41 bits per heavy atom. The number of H-pyrrole nitrogens is 1. The monoisotopic (exact) mass is 246 g/mol. The Labute approximate surface area is 101 Å². The predicted molar refractivity (Wildman–Crippen MR) is 65.9 cm³/mol. The van der Waals surface area contributed by atoms with E-state index in [-0.39, 0.29) is 0 Å². The molecule has 0 aliphatic rings. The van der Waals surface area contributed by atoms with Crippen LogP contribution >= 0.6 is 11.5 Å². The molecule has 3 rings (SSSR count). The second-order valence-corrected chi connectivity index (χ2v) is 4.47. The first-order chi connectivity index (χ1) is 8.33. The Morgan fingerprint density at radius 3 is 3.18 bits per heavy atom. The lowest BCUT2D eigenvalue weighted by Crippen LogP contribution is -2.16. The van der Waals surface area contributed by atoms with Gasteiger partial charge < -0.3 is 9.88 Å². The molecule has 0 atom stereocenters. The summed E-state index contributed by atoms with van der Waals surface area (Å²) in [6.45, 7) is 0.770. The second-order valence-electron chi connectivity index (χ2n) is 3.76. The van der Waals surface area contributed by atoms with Crippen LogP contribution in [0.4, 0.5) is 5.13 Å². The fraction of sp³-hybridized carbons (Fsp3) is 0.200. The van der Waals surface area contributed by atoms with Crippen molar-refractivity contribution in [3.05, 3.63) is 30.1 Å². The maximum absolute atomic E-state index is 4.19. The van der Waals surface area contributed by atoms with E-state index in [0.717, 1.165) is 22.7 Å². The summed E-state index contributed by atoms with van der Waals surface area (Å²) in [5.41, 5.74) is 3.22. The van der Waals surface area contributed by atoms with Crippen LogP contribution in [0, 0.1) is 0 Å². The summed E-state index contributed by atoms with van der Waals surface area (Å²) in [6.07, 6.45) is 1.70. The highest BCUT2D eigenvalue weighted by atomic mass is 32.1. The predicted octanol–water partition coefficient (Wildman–Crippen LogP) is 1.45. The topological polar surface area (TPSA) is 70.6 Å². The molecular weight excluding hydrogens is 236 g/mol. The zero-order chi connectivity index (χ0) is 11.7. The van der Waals surface area contributed by atoms with Gasteiger partial charge in [0, 0.05) is 25.1 Å². The van der Waals surface area contributed by atoms with Crippen molar-refractivity contribution < 1.29 is 0 Å². The lowest BCUT2D eigenvalue weighted by molar-refractivity contribution is 0.874. The van der Waals surface area contributed by atoms with Crippen LogP contribution in [0.2, 0.25) is 0 Å². The van der Waals surface area contributed by atoms with Crippen molar-refractivity contribution in [2.75, 3.05) is 11.9 Å². The van der Waals surface area contributed by atoms with Gasteiger partial charge in [0.05, 0.1) is 17.4 Å². The molecule has 3 aromatic rings. The number of fused-ring (bicyclic) bond motifs is 1. The number of aromatic amines is 1. The number of aromatic nitrogens is 5. The van der Waals surface area contributed by atoms with Gasteiger partial charge in [-0.25, -0.2) is 4.98 Å². The Bertz CT molecular complexity index is 617. The quantitative estimate of drug-likeness (QED) is 0.757. The first-order valence-electron chi connectivity index (χ1n) is 5.11. The Balaban J connectivity index is 1.84. The lowest BCUT2D eigenvalue weighted by Gasteiger charge is -2.14. The molecule has 86 valence electrons. The number of anilines is 1. The van der Waals surface area contributed by atoms with E-state index in [4.69, 9.17) is 0 Å². The van der Waals surface area contributed by atoms with Crippen LogP contribution < -0.4 is 4.90 Å². The van der Waals surface area contributed by atoms with Crippen LogP contribution in [-0.4, -0.2) is 31.8 Å². The Hall–Kier alpha value is -2.02. The largest absolute Gasteiger partial charge is 0.345 e. The summed E-state index contributed by atoms with van der Waals surface area (Å²) < 4.78 is 3.75. The molecule has 0 aliphatic heterocycles. The molecule has 0 unspecified atom stereocenters. The van der Waals surface area contributed by atoms with E-state index in [1.165, 1.54) is 17.1 Å². The third-order valence-corrected chi connectivity index (χ3v) is 3.23. The molecule has 0 bridgehead atoms. The Morgan fingerprint density at radius 2 is 2.35 bits per heavy atom. The summed E-state index contributed by atoms with van der Waals surface area (Å²) in [5, 5.41) is 8.33. The molecule has 0 fully saturated rings. The van der Waals surface area contributed by atoms with Gasteiger partial charge in [0.1, 0.15) is 0 Å². The smallest absolute Gasteiger partial charge is 0.227 e. The molecule has 1 aromatic carbocycles. The van der Waals surface area contributed by atoms with Crippen LogP contribution in [0.1, 0.15) is 5.56 Å². The highest BCUT2D eigenvalue weighted by Gasteiger charge is 2.07. The van der Waals surface area contributed by atoms with Crippen molar-refractivity contribution in [2.45, 2.75) is 6.54 Å². The van der Waals surface area contributed by atoms with Gasteiger partial charge >= 0.3 is 0 Å². The molecule has 0 radical (unpaired) electrons. The first-order valence-corrected chi connectivity index (χ1v) is 5.88. The number of hydrogen-bond donors (Lipinski definition) is 1. The SMILES string of the molecule is CN(Cc1ccc2nc[nH]c2c1)c1nnns1. The number of benzene rings is 1. The second kappa shape index (κ2) is 4.10. The van der Waals surface area contributed by atoms with Crippen LogP contribution in [0.25, 0.3) is 11.0 Å². The third kappa shape index (κ3) is 1.96. The zero-order valence-electron chi connectivity index (χ0n) is 9.16. The van der Waals surface area contributed by atoms with Gasteiger partial charge in [-0.1, -0.05) is 15.7 Å². The molecule has 0 aliphatic carbocycles. The third-order valence-electron chi connectivity index (χ3n) is 2.52. The summed E-state index contributed by atoms with van der Waals surface area (Å²) in [5.74, 6) is 0. The minimum absolute atomic E-state index is 0.770. The fourth-order valence-electron chi connectivity index (χ4n) is 1.70. The molecule has 6 nitrogen and oxygen atoms in total. The highest BCUT2D eigenvalue weighted by Crippen LogP contribution is 2.17. The van der Waals surface area contributed by atoms with Crippen LogP contribution in [0.5, 0.6) is 0 Å². The summed E-state index contributed by atoms with van der Waals surface area (Å²) in [7, 11) is 1.97. The summed E-state index contributed by atoms with van der Waals surface area (Å²) in [6, 6.07) is 6.16. The lowest BCUT2D eigenvalue weighted by atomic mass is 10.2. The number of nitrogens with one attached hydrogen (secondary N) is 1. The van der Waals surface area contributed by atoms with Gasteiger partial charge in [-0.3, -0.25) is 0 Å². The van der Waals surface area contributed by atoms with Crippen molar-refractivity contribution in [2.24, 2.45) is 0 Å². The highest BCUT2D eigenvalue weighted by molar-refractivity contribution is 7.09. The molecule has 17 heavy (non-hydrogen) atoms. The number of nitrogens with zero attached hydrogens (tertiary/aromatic N) is 5. The Kier molecular flexibility index (Phi) is 2.45. The average molecular weight is 246 g/mol. The van der Waals surface area contributed by atoms with Crippen LogP contribution in [0.15, 0.2) is 24.5 Å². The van der Waals surface area contributed by atoms with E-state index < -0.39 is 0 Å². The molecule has 0 amide bonds. The van der Waals surface area contributed by atoms with Crippen molar-refractivity contribution >= 4 is 27.7 Å². The fourth-order valence-corrected chi connectivity index (χ4v) is 2.12. The normalized spacial score (nSPS) is 10.9. The van der Waals surface area contributed by atoms with Gasteiger partial charge in [0.15, 0.2) is 0 Å². The van der Waals surface area contributed by atoms with E-state index >= 15 is 0 Å². The van der Waals surface area contributed by atoms with Gasteiger partial charge in [0.25, 0.3) is 0 Å². The molecule has 2 aromatic heterocycles. The molecule has 1 N–H and O–H groups in total. The van der Waals surface area contributed by atoms with Crippen molar-refractivity contribution in [1.29, 1.82) is 0 Å². The molecule has 0 saturated carbocycles. The van der Waals surface area contributed by atoms with Gasteiger partial charge in [-0.05, 0) is 22.9 Å². The summed E-state index contributed by atoms with van der Waals surface area (Å²) in [4.78, 5) is 9.31. The molecule has 2 heterocycles. The van der Waals surface area contributed by atoms with Crippen LogP contribution in [-0.2, 0) is 6.54 Å². The number of rotatable bonds is 3. The number of hydrogen-bond acceptors (Lipinski definition) is 6. The standard InChI is InChI=1S/C10H10N6S/c1-16(10-13-14-15-17-10)5-7-2-3-8-9(4-7)12-6-11-8/h2-4,6H,5H2,1H3,(H,11,12). The minimum Gasteiger partial charge on any atom is -0.345 e. The van der Waals surface area contributed by atoms with E-state index in [1.54, 1.807) is 6.33 Å². The maximum Gasteiger partial charge on any atom is 0.227 e. The average Bonchev–Trinajstić information content (AvgIpc) is 2.99. The van der Waals surface area contributed by atoms with Crippen molar-refractivity contribution in [3.63, 3.8) is 0 Å². The zero-order valence-corrected chi connectivity index (χ0v) is 9.98. The van der Waals surface area contributed by atoms with Crippen LogP contribution in [0.3, 0.4) is 0 Å². The van der Waals surface area contributed by atoms with E-state index in [1.807, 2.05) is 18.0 Å². The van der Waals surface area contributed by atoms with E-state index in [0.29, 0.717) is 0 Å². The minimum atomic E-state index is 0.770. The van der Waals surface area contributed by atoms with Gasteiger partial charge in [-0.2, -0.15) is 0 Å². The molecule has 0 spiro atoms. The molecule has 0 saturated heterocycles. The van der Waals surface area contributed by atoms with E-state index in [2.05, 4.69) is 36.9 Å². The number of imidazole rings is 1. The molecule has 7 heteroatoms. The van der Waals surface area contributed by atoms with Crippen molar-refractivity contribution in [3.8, 4) is 0 Å². The molecular formula is C10H10N6S. The van der Waals surface area contributed by atoms with Gasteiger partial charge in [0.2, 0.25) is 5.13 Å². The maximum atomic E-state index is 4.19. The summed E-state index contributed by atoms with van der Waals surface area (Å²) >= 11 is 1.29. The van der Waals surface area contributed by atoms with Gasteiger partial charge in [-0.15, -0.1) is 0 Å². The van der Waals surface area contributed by atoms with Crippen molar-refractivity contribution in [1.82, 2.24) is 24.8 Å².